The summed E-state index contributed by atoms with van der Waals surface area (Å²) in [4.78, 5) is 16.2. The highest BCUT2D eigenvalue weighted by Crippen LogP contribution is 2.31. The minimum Gasteiger partial charge on any atom is -0.497 e. The molecule has 0 radical (unpaired) electrons. The lowest BCUT2D eigenvalue weighted by atomic mass is 10.2. The molecule has 1 amide bonds. The first-order valence-electron chi connectivity index (χ1n) is 9.38. The van der Waals surface area contributed by atoms with Crippen LogP contribution in [0.2, 0.25) is 0 Å². The van der Waals surface area contributed by atoms with Crippen LogP contribution in [0.1, 0.15) is 11.1 Å². The third-order valence-electron chi connectivity index (χ3n) is 4.23. The van der Waals surface area contributed by atoms with Crippen LogP contribution in [0.4, 0.5) is 5.69 Å². The smallest absolute Gasteiger partial charge is 0.250 e. The fraction of sp³-hybridized carbons (Fsp3) is 0.217. The van der Waals surface area contributed by atoms with E-state index in [1.807, 2.05) is 36.4 Å². The Balaban J connectivity index is 1.54. The molecule has 0 unspecified atom stereocenters. The summed E-state index contributed by atoms with van der Waals surface area (Å²) in [6.07, 6.45) is 3.41. The van der Waals surface area contributed by atoms with Gasteiger partial charge in [0.2, 0.25) is 5.91 Å². The second kappa shape index (κ2) is 10.8. The van der Waals surface area contributed by atoms with Crippen LogP contribution in [0.15, 0.2) is 67.0 Å². The fourth-order valence-electron chi connectivity index (χ4n) is 2.73. The zero-order valence-corrected chi connectivity index (χ0v) is 17.0. The molecule has 0 bridgehead atoms. The van der Waals surface area contributed by atoms with Crippen LogP contribution < -0.4 is 19.5 Å². The average molecular weight is 408 g/mol. The number of rotatable bonds is 10. The quantitative estimate of drug-likeness (QED) is 0.549. The molecule has 0 saturated carbocycles. The SMILES string of the molecule is COc1cccc(COCC(=O)Nc2ccc(OC)c(OCc3ccncc3)c2)c1. The predicted molar refractivity (Wildman–Crippen MR) is 113 cm³/mol. The van der Waals surface area contributed by atoms with Crippen molar-refractivity contribution in [1.29, 1.82) is 0 Å². The monoisotopic (exact) mass is 408 g/mol. The first kappa shape index (κ1) is 21.1. The van der Waals surface area contributed by atoms with E-state index < -0.39 is 0 Å². The zero-order valence-electron chi connectivity index (χ0n) is 17.0. The number of carbonyl (C=O) groups excluding carboxylic acids is 1. The summed E-state index contributed by atoms with van der Waals surface area (Å²) in [5, 5.41) is 2.81. The number of hydrogen-bond acceptors (Lipinski definition) is 6. The summed E-state index contributed by atoms with van der Waals surface area (Å²) >= 11 is 0. The van der Waals surface area contributed by atoms with Crippen molar-refractivity contribution in [2.75, 3.05) is 26.1 Å². The van der Waals surface area contributed by atoms with Gasteiger partial charge < -0.3 is 24.3 Å². The normalized spacial score (nSPS) is 10.3. The number of carbonyl (C=O) groups is 1. The minimum absolute atomic E-state index is 0.0730. The van der Waals surface area contributed by atoms with E-state index in [0.29, 0.717) is 30.4 Å². The molecule has 0 aliphatic carbocycles. The van der Waals surface area contributed by atoms with Crippen LogP contribution in [-0.2, 0) is 22.7 Å². The van der Waals surface area contributed by atoms with Crippen LogP contribution >= 0.6 is 0 Å². The third-order valence-corrected chi connectivity index (χ3v) is 4.23. The molecule has 1 N–H and O–H groups in total. The molecule has 0 aliphatic rings. The van der Waals surface area contributed by atoms with Crippen LogP contribution in [0.3, 0.4) is 0 Å². The topological polar surface area (TPSA) is 78.9 Å². The highest BCUT2D eigenvalue weighted by molar-refractivity contribution is 5.92. The van der Waals surface area contributed by atoms with Gasteiger partial charge in [-0.05, 0) is 47.5 Å². The maximum Gasteiger partial charge on any atom is 0.250 e. The molecule has 1 aromatic heterocycles. The van der Waals surface area contributed by atoms with Crippen LogP contribution in [0.5, 0.6) is 17.2 Å². The van der Waals surface area contributed by atoms with Gasteiger partial charge in [0.15, 0.2) is 11.5 Å². The molecule has 3 aromatic rings. The van der Waals surface area contributed by atoms with Crippen LogP contribution in [-0.4, -0.2) is 31.7 Å². The Hall–Kier alpha value is -3.58. The van der Waals surface area contributed by atoms with Gasteiger partial charge in [0.1, 0.15) is 19.0 Å². The Labute approximate surface area is 175 Å². The number of benzene rings is 2. The van der Waals surface area contributed by atoms with Crippen molar-refractivity contribution in [3.63, 3.8) is 0 Å². The summed E-state index contributed by atoms with van der Waals surface area (Å²) in [6.45, 7) is 0.601. The molecule has 7 nitrogen and oxygen atoms in total. The zero-order chi connectivity index (χ0) is 21.2. The van der Waals surface area contributed by atoms with E-state index in [-0.39, 0.29) is 12.5 Å². The lowest BCUT2D eigenvalue weighted by Gasteiger charge is -2.13. The maximum absolute atomic E-state index is 12.2. The van der Waals surface area contributed by atoms with Gasteiger partial charge in [0.05, 0.1) is 20.8 Å². The summed E-state index contributed by atoms with van der Waals surface area (Å²) in [5.41, 5.74) is 2.50. The van der Waals surface area contributed by atoms with Crippen molar-refractivity contribution in [2.24, 2.45) is 0 Å². The number of anilines is 1. The number of nitrogens with zero attached hydrogens (tertiary/aromatic N) is 1. The van der Waals surface area contributed by atoms with Crippen molar-refractivity contribution in [3.05, 3.63) is 78.1 Å². The number of hydrogen-bond donors (Lipinski definition) is 1. The van der Waals surface area contributed by atoms with Crippen molar-refractivity contribution in [2.45, 2.75) is 13.2 Å². The minimum atomic E-state index is -0.261. The van der Waals surface area contributed by atoms with E-state index in [1.54, 1.807) is 44.8 Å². The highest BCUT2D eigenvalue weighted by atomic mass is 16.5. The maximum atomic E-state index is 12.2. The Morgan fingerprint density at radius 1 is 0.900 bits per heavy atom. The lowest BCUT2D eigenvalue weighted by Crippen LogP contribution is -2.18. The number of amides is 1. The Bertz CT molecular complexity index is 963. The summed E-state index contributed by atoms with van der Waals surface area (Å²) in [7, 11) is 3.18. The lowest BCUT2D eigenvalue weighted by molar-refractivity contribution is -0.121. The molecule has 0 spiro atoms. The summed E-state index contributed by atoms with van der Waals surface area (Å²) in [5.74, 6) is 1.60. The van der Waals surface area contributed by atoms with Crippen LogP contribution in [0, 0.1) is 0 Å². The second-order valence-electron chi connectivity index (χ2n) is 6.40. The largest absolute Gasteiger partial charge is 0.497 e. The van der Waals surface area contributed by atoms with E-state index in [4.69, 9.17) is 18.9 Å². The third kappa shape index (κ3) is 6.22. The Morgan fingerprint density at radius 3 is 2.50 bits per heavy atom. The molecular formula is C23H24N2O5. The van der Waals surface area contributed by atoms with E-state index in [2.05, 4.69) is 10.3 Å². The van der Waals surface area contributed by atoms with Gasteiger partial charge in [-0.2, -0.15) is 0 Å². The number of aromatic nitrogens is 1. The van der Waals surface area contributed by atoms with Crippen LogP contribution in [0.25, 0.3) is 0 Å². The molecule has 0 fully saturated rings. The van der Waals surface area contributed by atoms with Gasteiger partial charge in [0, 0.05) is 24.1 Å². The number of methoxy groups -OCH3 is 2. The van der Waals surface area contributed by atoms with Crippen molar-refractivity contribution in [1.82, 2.24) is 4.98 Å². The molecular weight excluding hydrogens is 384 g/mol. The van der Waals surface area contributed by atoms with E-state index >= 15 is 0 Å². The average Bonchev–Trinajstić information content (AvgIpc) is 2.78. The molecule has 0 saturated heterocycles. The molecule has 7 heteroatoms. The number of pyridine rings is 1. The highest BCUT2D eigenvalue weighted by Gasteiger charge is 2.09. The summed E-state index contributed by atoms with van der Waals surface area (Å²) < 4.78 is 21.9. The Kier molecular flexibility index (Phi) is 7.63. The number of ether oxygens (including phenoxy) is 4. The van der Waals surface area contributed by atoms with E-state index in [9.17, 15) is 4.79 Å². The van der Waals surface area contributed by atoms with Crippen molar-refractivity contribution < 1.29 is 23.7 Å². The first-order valence-corrected chi connectivity index (χ1v) is 9.38. The van der Waals surface area contributed by atoms with E-state index in [1.165, 1.54) is 0 Å². The molecule has 2 aromatic carbocycles. The number of nitrogens with one attached hydrogen (secondary N) is 1. The predicted octanol–water partition coefficient (Wildman–Crippen LogP) is 3.83. The molecule has 0 atom stereocenters. The van der Waals surface area contributed by atoms with Gasteiger partial charge in [-0.3, -0.25) is 9.78 Å². The molecule has 0 aliphatic heterocycles. The summed E-state index contributed by atoms with van der Waals surface area (Å²) in [6, 6.07) is 16.5. The Morgan fingerprint density at radius 2 is 1.73 bits per heavy atom. The second-order valence-corrected chi connectivity index (χ2v) is 6.40. The molecule has 30 heavy (non-hydrogen) atoms. The van der Waals surface area contributed by atoms with Gasteiger partial charge in [0.25, 0.3) is 0 Å². The standard InChI is InChI=1S/C23H24N2O5/c1-27-20-5-3-4-18(12-20)14-29-16-23(26)25-19-6-7-21(28-2)22(13-19)30-15-17-8-10-24-11-9-17/h3-13H,14-16H2,1-2H3,(H,25,26). The van der Waals surface area contributed by atoms with Crippen molar-refractivity contribution >= 4 is 11.6 Å². The molecule has 3 rings (SSSR count). The first-order chi connectivity index (χ1) is 14.7. The fourth-order valence-corrected chi connectivity index (χ4v) is 2.73. The van der Waals surface area contributed by atoms with Gasteiger partial charge in [-0.25, -0.2) is 0 Å². The van der Waals surface area contributed by atoms with Gasteiger partial charge >= 0.3 is 0 Å². The van der Waals surface area contributed by atoms with Gasteiger partial charge in [-0.1, -0.05) is 12.1 Å². The van der Waals surface area contributed by atoms with Gasteiger partial charge in [-0.15, -0.1) is 0 Å². The van der Waals surface area contributed by atoms with E-state index in [0.717, 1.165) is 16.9 Å². The molecule has 1 heterocycles. The van der Waals surface area contributed by atoms with Crippen molar-refractivity contribution in [3.8, 4) is 17.2 Å². The molecule has 156 valence electrons.